The van der Waals surface area contributed by atoms with Gasteiger partial charge in [0.05, 0.1) is 0 Å². The summed E-state index contributed by atoms with van der Waals surface area (Å²) in [5, 5.41) is 6.20. The number of amides is 1. The molecule has 0 spiro atoms. The van der Waals surface area contributed by atoms with Crippen LogP contribution in [-0.2, 0) is 4.74 Å². The highest BCUT2D eigenvalue weighted by atomic mass is 16.6. The number of benzene rings is 1. The summed E-state index contributed by atoms with van der Waals surface area (Å²) in [7, 11) is 0. The molecule has 0 unspecified atom stereocenters. The number of anilines is 2. The van der Waals surface area contributed by atoms with E-state index in [9.17, 15) is 4.79 Å². The van der Waals surface area contributed by atoms with E-state index in [1.807, 2.05) is 45.0 Å². The minimum absolute atomic E-state index is 0.422. The van der Waals surface area contributed by atoms with E-state index in [2.05, 4.69) is 10.6 Å². The van der Waals surface area contributed by atoms with Crippen LogP contribution in [0.1, 0.15) is 46.5 Å². The molecule has 1 aliphatic rings. The summed E-state index contributed by atoms with van der Waals surface area (Å²) in [4.78, 5) is 11.7. The molecule has 1 saturated carbocycles. The second-order valence-electron chi connectivity index (χ2n) is 6.74. The summed E-state index contributed by atoms with van der Waals surface area (Å²) in [6.07, 6.45) is 4.99. The highest BCUT2D eigenvalue weighted by Crippen LogP contribution is 2.25. The van der Waals surface area contributed by atoms with E-state index in [1.165, 1.54) is 25.7 Å². The molecule has 0 radical (unpaired) electrons. The lowest BCUT2D eigenvalue weighted by molar-refractivity contribution is 0.0636. The third-order valence-electron chi connectivity index (χ3n) is 3.60. The fraction of sp³-hybridized carbons (Fsp3) is 0.588. The summed E-state index contributed by atoms with van der Waals surface area (Å²) >= 11 is 0. The molecule has 0 saturated heterocycles. The maximum Gasteiger partial charge on any atom is 0.412 e. The zero-order valence-electron chi connectivity index (χ0n) is 13.2. The van der Waals surface area contributed by atoms with Gasteiger partial charge in [-0.1, -0.05) is 12.8 Å². The molecule has 1 aliphatic carbocycles. The van der Waals surface area contributed by atoms with Crippen molar-refractivity contribution in [2.45, 2.75) is 52.1 Å². The van der Waals surface area contributed by atoms with E-state index >= 15 is 0 Å². The lowest BCUT2D eigenvalue weighted by atomic mass is 10.1. The van der Waals surface area contributed by atoms with Crippen molar-refractivity contribution < 1.29 is 9.53 Å². The fourth-order valence-electron chi connectivity index (χ4n) is 2.57. The average molecular weight is 290 g/mol. The van der Waals surface area contributed by atoms with Gasteiger partial charge in [-0.2, -0.15) is 0 Å². The average Bonchev–Trinajstić information content (AvgIpc) is 2.89. The van der Waals surface area contributed by atoms with Crippen LogP contribution in [0.25, 0.3) is 0 Å². The molecule has 0 bridgehead atoms. The molecule has 1 aromatic rings. The first-order valence-corrected chi connectivity index (χ1v) is 7.76. The number of hydrogen-bond donors (Lipinski definition) is 2. The Morgan fingerprint density at radius 3 is 2.29 bits per heavy atom. The number of nitrogens with one attached hydrogen (secondary N) is 2. The van der Waals surface area contributed by atoms with Crippen LogP contribution in [0.3, 0.4) is 0 Å². The van der Waals surface area contributed by atoms with Gasteiger partial charge >= 0.3 is 6.09 Å². The number of ether oxygens (including phenoxy) is 1. The molecule has 1 fully saturated rings. The topological polar surface area (TPSA) is 50.4 Å². The lowest BCUT2D eigenvalue weighted by Gasteiger charge is -2.19. The van der Waals surface area contributed by atoms with Crippen molar-refractivity contribution in [1.29, 1.82) is 0 Å². The molecule has 21 heavy (non-hydrogen) atoms. The summed E-state index contributed by atoms with van der Waals surface area (Å²) in [5.41, 5.74) is 1.36. The number of hydrogen-bond acceptors (Lipinski definition) is 3. The quantitative estimate of drug-likeness (QED) is 0.849. The third kappa shape index (κ3) is 5.66. The highest BCUT2D eigenvalue weighted by Gasteiger charge is 2.16. The van der Waals surface area contributed by atoms with Gasteiger partial charge in [-0.05, 0) is 63.8 Å². The second-order valence-corrected chi connectivity index (χ2v) is 6.74. The Hall–Kier alpha value is -1.71. The van der Waals surface area contributed by atoms with E-state index in [0.717, 1.165) is 23.8 Å². The van der Waals surface area contributed by atoms with E-state index in [1.54, 1.807) is 0 Å². The zero-order valence-corrected chi connectivity index (χ0v) is 13.2. The van der Waals surface area contributed by atoms with Crippen LogP contribution in [0.2, 0.25) is 0 Å². The van der Waals surface area contributed by atoms with Crippen LogP contribution in [-0.4, -0.2) is 18.2 Å². The fourth-order valence-corrected chi connectivity index (χ4v) is 2.57. The minimum atomic E-state index is -0.479. The molecule has 0 aromatic heterocycles. The van der Waals surface area contributed by atoms with E-state index in [4.69, 9.17) is 4.74 Å². The van der Waals surface area contributed by atoms with Gasteiger partial charge in [0, 0.05) is 17.9 Å². The lowest BCUT2D eigenvalue weighted by Crippen LogP contribution is -2.27. The maximum absolute atomic E-state index is 11.7. The van der Waals surface area contributed by atoms with Gasteiger partial charge in [-0.15, -0.1) is 0 Å². The predicted octanol–water partition coefficient (Wildman–Crippen LogP) is 4.64. The van der Waals surface area contributed by atoms with Crippen molar-refractivity contribution in [3.63, 3.8) is 0 Å². The second kappa shape index (κ2) is 6.83. The molecule has 2 N–H and O–H groups in total. The van der Waals surface area contributed by atoms with Gasteiger partial charge < -0.3 is 10.1 Å². The maximum atomic E-state index is 11.7. The van der Waals surface area contributed by atoms with Crippen molar-refractivity contribution >= 4 is 17.5 Å². The van der Waals surface area contributed by atoms with Gasteiger partial charge in [-0.25, -0.2) is 4.79 Å². The minimum Gasteiger partial charge on any atom is -0.444 e. The molecule has 0 heterocycles. The molecule has 0 atom stereocenters. The Bertz CT molecular complexity index is 457. The van der Waals surface area contributed by atoms with Gasteiger partial charge in [0.1, 0.15) is 5.60 Å². The van der Waals surface area contributed by atoms with Crippen molar-refractivity contribution in [1.82, 2.24) is 0 Å². The Balaban J connectivity index is 1.79. The molecule has 1 aromatic carbocycles. The smallest absolute Gasteiger partial charge is 0.412 e. The Labute approximate surface area is 127 Å². The standard InChI is InChI=1S/C17H26N2O2/c1-17(2,3)21-16(20)19-15-10-8-14(9-11-15)18-12-13-6-4-5-7-13/h8-11,13,18H,4-7,12H2,1-3H3,(H,19,20). The van der Waals surface area contributed by atoms with Crippen LogP contribution in [0.5, 0.6) is 0 Å². The normalized spacial score (nSPS) is 15.8. The molecule has 1 amide bonds. The van der Waals surface area contributed by atoms with Gasteiger partial charge in [0.2, 0.25) is 0 Å². The molecule has 4 nitrogen and oxygen atoms in total. The molecule has 0 aliphatic heterocycles. The molecular weight excluding hydrogens is 264 g/mol. The third-order valence-corrected chi connectivity index (χ3v) is 3.60. The van der Waals surface area contributed by atoms with Gasteiger partial charge in [-0.3, -0.25) is 5.32 Å². The summed E-state index contributed by atoms with van der Waals surface area (Å²) in [6.45, 7) is 6.59. The van der Waals surface area contributed by atoms with E-state index in [-0.39, 0.29) is 0 Å². The molecule has 4 heteroatoms. The Morgan fingerprint density at radius 1 is 1.14 bits per heavy atom. The first kappa shape index (κ1) is 15.7. The van der Waals surface area contributed by atoms with Crippen LogP contribution in [0, 0.1) is 5.92 Å². The Kier molecular flexibility index (Phi) is 5.10. The summed E-state index contributed by atoms with van der Waals surface area (Å²) in [5.74, 6) is 0.810. The van der Waals surface area contributed by atoms with E-state index in [0.29, 0.717) is 0 Å². The number of rotatable bonds is 4. The predicted molar refractivity (Wildman–Crippen MR) is 86.7 cm³/mol. The van der Waals surface area contributed by atoms with Crippen molar-refractivity contribution in [3.8, 4) is 0 Å². The van der Waals surface area contributed by atoms with E-state index < -0.39 is 11.7 Å². The van der Waals surface area contributed by atoms with Crippen LogP contribution >= 0.6 is 0 Å². The van der Waals surface area contributed by atoms with Crippen molar-refractivity contribution in [2.24, 2.45) is 5.92 Å². The first-order valence-electron chi connectivity index (χ1n) is 7.76. The molecular formula is C17H26N2O2. The van der Waals surface area contributed by atoms with Crippen LogP contribution in [0.15, 0.2) is 24.3 Å². The highest BCUT2D eigenvalue weighted by molar-refractivity contribution is 5.85. The van der Waals surface area contributed by atoms with Crippen LogP contribution < -0.4 is 10.6 Å². The Morgan fingerprint density at radius 2 is 1.71 bits per heavy atom. The molecule has 116 valence electrons. The molecule has 2 rings (SSSR count). The number of carbonyl (C=O) groups is 1. The van der Waals surface area contributed by atoms with Gasteiger partial charge in [0.15, 0.2) is 0 Å². The first-order chi connectivity index (χ1) is 9.92. The summed E-state index contributed by atoms with van der Waals surface area (Å²) in [6, 6.07) is 7.76. The largest absolute Gasteiger partial charge is 0.444 e. The SMILES string of the molecule is CC(C)(C)OC(=O)Nc1ccc(NCC2CCCC2)cc1. The van der Waals surface area contributed by atoms with Crippen molar-refractivity contribution in [3.05, 3.63) is 24.3 Å². The van der Waals surface area contributed by atoms with Crippen LogP contribution in [0.4, 0.5) is 16.2 Å². The monoisotopic (exact) mass is 290 g/mol. The number of carbonyl (C=O) groups excluding carboxylic acids is 1. The van der Waals surface area contributed by atoms with Gasteiger partial charge in [0.25, 0.3) is 0 Å². The van der Waals surface area contributed by atoms with Crippen molar-refractivity contribution in [2.75, 3.05) is 17.2 Å². The zero-order chi connectivity index (χ0) is 15.3. The summed E-state index contributed by atoms with van der Waals surface area (Å²) < 4.78 is 5.22.